The normalized spacial score (nSPS) is 11.8. The van der Waals surface area contributed by atoms with E-state index in [0.717, 1.165) is 0 Å². The quantitative estimate of drug-likeness (QED) is 0.780. The van der Waals surface area contributed by atoms with Crippen LogP contribution in [-0.4, -0.2) is 28.5 Å². The summed E-state index contributed by atoms with van der Waals surface area (Å²) in [7, 11) is 0. The van der Waals surface area contributed by atoms with Crippen molar-refractivity contribution in [1.29, 1.82) is 0 Å². The fraction of sp³-hybridized carbons (Fsp3) is 0.417. The second-order valence-electron chi connectivity index (χ2n) is 3.99. The van der Waals surface area contributed by atoms with Crippen LogP contribution in [0.1, 0.15) is 30.1 Å². The first kappa shape index (κ1) is 13.2. The lowest BCUT2D eigenvalue weighted by Crippen LogP contribution is -2.28. The topological polar surface area (TPSA) is 79.3 Å². The number of amides is 1. The second kappa shape index (κ2) is 6.62. The Morgan fingerprint density at radius 1 is 1.53 bits per heavy atom. The number of aliphatic carboxylic acids is 1. The van der Waals surface area contributed by atoms with E-state index in [1.807, 2.05) is 6.92 Å². The number of rotatable bonds is 6. The van der Waals surface area contributed by atoms with Crippen LogP contribution in [0.2, 0.25) is 0 Å². The van der Waals surface area contributed by atoms with E-state index in [1.54, 1.807) is 18.3 Å². The first-order chi connectivity index (χ1) is 8.09. The van der Waals surface area contributed by atoms with Gasteiger partial charge >= 0.3 is 5.97 Å². The number of aromatic nitrogens is 1. The smallest absolute Gasteiger partial charge is 0.303 e. The Kier molecular flexibility index (Phi) is 5.13. The first-order valence-corrected chi connectivity index (χ1v) is 5.49. The molecule has 1 unspecified atom stereocenters. The lowest BCUT2D eigenvalue weighted by molar-refractivity contribution is -0.137. The molecule has 92 valence electrons. The van der Waals surface area contributed by atoms with Crippen LogP contribution in [0.25, 0.3) is 0 Å². The van der Waals surface area contributed by atoms with Gasteiger partial charge in [-0.15, -0.1) is 0 Å². The predicted molar refractivity (Wildman–Crippen MR) is 62.6 cm³/mol. The van der Waals surface area contributed by atoms with Gasteiger partial charge in [0.25, 0.3) is 5.91 Å². The molecule has 5 nitrogen and oxygen atoms in total. The van der Waals surface area contributed by atoms with Crippen LogP contribution in [0.15, 0.2) is 24.5 Å². The Balaban J connectivity index is 2.31. The molecule has 0 fully saturated rings. The lowest BCUT2D eigenvalue weighted by Gasteiger charge is -2.11. The van der Waals surface area contributed by atoms with Crippen LogP contribution in [-0.2, 0) is 4.79 Å². The van der Waals surface area contributed by atoms with Crippen molar-refractivity contribution in [2.24, 2.45) is 5.92 Å². The van der Waals surface area contributed by atoms with Gasteiger partial charge < -0.3 is 10.4 Å². The minimum Gasteiger partial charge on any atom is -0.481 e. The van der Waals surface area contributed by atoms with E-state index in [2.05, 4.69) is 10.3 Å². The Labute approximate surface area is 99.9 Å². The third kappa shape index (κ3) is 5.10. The molecule has 0 saturated heterocycles. The summed E-state index contributed by atoms with van der Waals surface area (Å²) in [6.07, 6.45) is 3.79. The van der Waals surface area contributed by atoms with Crippen molar-refractivity contribution in [2.45, 2.75) is 19.8 Å². The van der Waals surface area contributed by atoms with Crippen molar-refractivity contribution in [3.8, 4) is 0 Å². The number of nitrogens with one attached hydrogen (secondary N) is 1. The molecule has 0 aliphatic rings. The van der Waals surface area contributed by atoms with Crippen LogP contribution in [0.5, 0.6) is 0 Å². The van der Waals surface area contributed by atoms with Crippen molar-refractivity contribution in [3.05, 3.63) is 30.1 Å². The van der Waals surface area contributed by atoms with Crippen LogP contribution in [0.3, 0.4) is 0 Å². The number of carboxylic acid groups (broad SMARTS) is 1. The van der Waals surface area contributed by atoms with E-state index in [4.69, 9.17) is 5.11 Å². The second-order valence-corrected chi connectivity index (χ2v) is 3.99. The maximum atomic E-state index is 11.6. The van der Waals surface area contributed by atoms with Gasteiger partial charge in [-0.2, -0.15) is 0 Å². The molecule has 0 aliphatic heterocycles. The molecule has 1 rings (SSSR count). The summed E-state index contributed by atoms with van der Waals surface area (Å²) >= 11 is 0. The summed E-state index contributed by atoms with van der Waals surface area (Å²) in [4.78, 5) is 25.8. The van der Waals surface area contributed by atoms with Gasteiger partial charge in [-0.05, 0) is 24.5 Å². The van der Waals surface area contributed by atoms with Crippen LogP contribution >= 0.6 is 0 Å². The van der Waals surface area contributed by atoms with Gasteiger partial charge in [0.15, 0.2) is 0 Å². The highest BCUT2D eigenvalue weighted by Gasteiger charge is 2.09. The molecule has 1 heterocycles. The van der Waals surface area contributed by atoms with Gasteiger partial charge in [0.2, 0.25) is 0 Å². The first-order valence-electron chi connectivity index (χ1n) is 5.49. The number of nitrogens with zero attached hydrogens (tertiary/aromatic N) is 1. The molecular formula is C12H16N2O3. The largest absolute Gasteiger partial charge is 0.481 e. The van der Waals surface area contributed by atoms with E-state index in [0.29, 0.717) is 18.5 Å². The van der Waals surface area contributed by atoms with Gasteiger partial charge in [-0.3, -0.25) is 14.6 Å². The van der Waals surface area contributed by atoms with Crippen molar-refractivity contribution < 1.29 is 14.7 Å². The van der Waals surface area contributed by atoms with Gasteiger partial charge in [-0.1, -0.05) is 6.92 Å². The third-order valence-corrected chi connectivity index (χ3v) is 2.39. The number of pyridine rings is 1. The third-order valence-electron chi connectivity index (χ3n) is 2.39. The molecule has 2 N–H and O–H groups in total. The van der Waals surface area contributed by atoms with Crippen LogP contribution < -0.4 is 5.32 Å². The number of carbonyl (C=O) groups is 2. The highest BCUT2D eigenvalue weighted by Crippen LogP contribution is 2.04. The highest BCUT2D eigenvalue weighted by atomic mass is 16.4. The molecule has 0 aliphatic carbocycles. The molecule has 0 aromatic carbocycles. The van der Waals surface area contributed by atoms with E-state index in [9.17, 15) is 9.59 Å². The summed E-state index contributed by atoms with van der Waals surface area (Å²) in [6.45, 7) is 2.38. The number of hydrogen-bond donors (Lipinski definition) is 2. The zero-order valence-corrected chi connectivity index (χ0v) is 9.72. The molecule has 0 radical (unpaired) electrons. The minimum absolute atomic E-state index is 0.129. The van der Waals surface area contributed by atoms with E-state index < -0.39 is 5.97 Å². The Bertz CT molecular complexity index is 379. The van der Waals surface area contributed by atoms with E-state index >= 15 is 0 Å². The van der Waals surface area contributed by atoms with Crippen molar-refractivity contribution >= 4 is 11.9 Å². The summed E-state index contributed by atoms with van der Waals surface area (Å²) < 4.78 is 0. The zero-order valence-electron chi connectivity index (χ0n) is 9.72. The van der Waals surface area contributed by atoms with Crippen LogP contribution in [0, 0.1) is 5.92 Å². The highest BCUT2D eigenvalue weighted by molar-refractivity contribution is 5.93. The Morgan fingerprint density at radius 3 is 2.88 bits per heavy atom. The molecule has 1 aromatic rings. The predicted octanol–water partition coefficient (Wildman–Crippen LogP) is 1.31. The summed E-state index contributed by atoms with van der Waals surface area (Å²) in [5.41, 5.74) is 0.512. The van der Waals surface area contributed by atoms with E-state index in [-0.39, 0.29) is 18.2 Å². The Hall–Kier alpha value is -1.91. The molecule has 0 saturated carbocycles. The SMILES string of the molecule is CC(CCC(=O)O)CNC(=O)c1cccnc1. The zero-order chi connectivity index (χ0) is 12.7. The Morgan fingerprint density at radius 2 is 2.29 bits per heavy atom. The van der Waals surface area contributed by atoms with E-state index in [1.165, 1.54) is 6.20 Å². The van der Waals surface area contributed by atoms with Crippen molar-refractivity contribution in [3.63, 3.8) is 0 Å². The lowest BCUT2D eigenvalue weighted by atomic mass is 10.1. The molecular weight excluding hydrogens is 220 g/mol. The molecule has 1 aromatic heterocycles. The number of hydrogen-bond acceptors (Lipinski definition) is 3. The molecule has 1 amide bonds. The monoisotopic (exact) mass is 236 g/mol. The molecule has 1 atom stereocenters. The summed E-state index contributed by atoms with van der Waals surface area (Å²) in [5, 5.41) is 11.3. The number of carboxylic acids is 1. The summed E-state index contributed by atoms with van der Waals surface area (Å²) in [6, 6.07) is 3.38. The van der Waals surface area contributed by atoms with Gasteiger partial charge in [0.05, 0.1) is 5.56 Å². The van der Waals surface area contributed by atoms with Gasteiger partial charge in [0, 0.05) is 25.4 Å². The maximum absolute atomic E-state index is 11.6. The number of carbonyl (C=O) groups excluding carboxylic acids is 1. The fourth-order valence-electron chi connectivity index (χ4n) is 1.34. The maximum Gasteiger partial charge on any atom is 0.303 e. The van der Waals surface area contributed by atoms with Crippen molar-refractivity contribution in [1.82, 2.24) is 10.3 Å². The van der Waals surface area contributed by atoms with Gasteiger partial charge in [0.1, 0.15) is 0 Å². The minimum atomic E-state index is -0.810. The van der Waals surface area contributed by atoms with Crippen LogP contribution in [0.4, 0.5) is 0 Å². The average Bonchev–Trinajstić information content (AvgIpc) is 2.34. The molecule has 0 spiro atoms. The standard InChI is InChI=1S/C12H16N2O3/c1-9(4-5-11(15)16)7-14-12(17)10-3-2-6-13-8-10/h2-3,6,8-9H,4-5,7H2,1H3,(H,14,17)(H,15,16). The summed E-state index contributed by atoms with van der Waals surface area (Å²) in [5.74, 6) is -0.845. The molecule has 5 heteroatoms. The molecule has 17 heavy (non-hydrogen) atoms. The van der Waals surface area contributed by atoms with Crippen molar-refractivity contribution in [2.75, 3.05) is 6.54 Å². The van der Waals surface area contributed by atoms with Gasteiger partial charge in [-0.25, -0.2) is 0 Å². The fourth-order valence-corrected chi connectivity index (χ4v) is 1.34. The average molecular weight is 236 g/mol. The molecule has 0 bridgehead atoms.